The van der Waals surface area contributed by atoms with Crippen molar-refractivity contribution in [1.29, 1.82) is 0 Å². The molecule has 2 saturated heterocycles. The Kier molecular flexibility index (Phi) is 8.12. The van der Waals surface area contributed by atoms with Crippen molar-refractivity contribution in [1.82, 2.24) is 19.5 Å². The molecule has 38 heavy (non-hydrogen) atoms. The Bertz CT molecular complexity index is 1320. The lowest BCUT2D eigenvalue weighted by molar-refractivity contribution is -0.271. The molecule has 2 aliphatic heterocycles. The highest BCUT2D eigenvalue weighted by Crippen LogP contribution is 2.61. The summed E-state index contributed by atoms with van der Waals surface area (Å²) in [6, 6.07) is 0. The molecule has 0 aromatic carbocycles. The van der Waals surface area contributed by atoms with Gasteiger partial charge in [-0.3, -0.25) is 23.4 Å². The molecule has 0 bridgehead atoms. The van der Waals surface area contributed by atoms with Crippen LogP contribution in [0.25, 0.3) is 11.2 Å². The van der Waals surface area contributed by atoms with E-state index in [1.807, 2.05) is 0 Å². The van der Waals surface area contributed by atoms with E-state index in [-0.39, 0.29) is 17.1 Å². The molecular weight excluding hydrogens is 564 g/mol. The summed E-state index contributed by atoms with van der Waals surface area (Å²) in [7, 11) is -10.9. The zero-order valence-corrected chi connectivity index (χ0v) is 21.0. The minimum absolute atomic E-state index is 0.0994. The SMILES string of the molecule is CC1O[C@@H](OP(=O)(O)OP(=O)(O)OC[C@H]2O[C@@H](n3cnc4c(=O)[nH]c(N)nc43)C(O)C2O)C(O)C(O)[C@H]1O. The Labute approximate surface area is 211 Å². The van der Waals surface area contributed by atoms with Gasteiger partial charge in [0, 0.05) is 0 Å². The van der Waals surface area contributed by atoms with E-state index in [1.165, 1.54) is 6.92 Å². The van der Waals surface area contributed by atoms with Crippen molar-refractivity contribution in [3.63, 3.8) is 0 Å². The summed E-state index contributed by atoms with van der Waals surface area (Å²) in [6.07, 6.45) is -13.8. The molecule has 0 spiro atoms. The molecule has 4 heterocycles. The number of nitrogen functional groups attached to an aromatic ring is 1. The van der Waals surface area contributed by atoms with E-state index in [2.05, 4.69) is 28.3 Å². The molecular formula is C16H25N5O15P2. The van der Waals surface area contributed by atoms with Crippen LogP contribution < -0.4 is 11.3 Å². The van der Waals surface area contributed by atoms with Crippen LogP contribution in [0.15, 0.2) is 11.1 Å². The van der Waals surface area contributed by atoms with Crippen molar-refractivity contribution < 1.29 is 67.3 Å². The normalized spacial score (nSPS) is 37.2. The van der Waals surface area contributed by atoms with Crippen molar-refractivity contribution >= 4 is 32.8 Å². The first-order valence-electron chi connectivity index (χ1n) is 10.7. The molecule has 0 saturated carbocycles. The van der Waals surface area contributed by atoms with E-state index in [0.717, 1.165) is 10.9 Å². The minimum atomic E-state index is -5.50. The number of hydrogen-bond acceptors (Lipinski definition) is 16. The number of aliphatic hydroxyl groups excluding tert-OH is 5. The number of hydrogen-bond donors (Lipinski definition) is 9. The van der Waals surface area contributed by atoms with Gasteiger partial charge in [-0.1, -0.05) is 0 Å². The number of aliphatic hydroxyl groups is 5. The molecule has 2 fully saturated rings. The first-order chi connectivity index (χ1) is 17.6. The Hall–Kier alpha value is -1.87. The molecule has 4 rings (SSSR count). The maximum absolute atomic E-state index is 12.3. The second kappa shape index (κ2) is 10.6. The van der Waals surface area contributed by atoms with Gasteiger partial charge in [0.05, 0.1) is 19.0 Å². The number of aromatic amines is 1. The number of anilines is 1. The Morgan fingerprint density at radius 2 is 1.74 bits per heavy atom. The molecule has 2 aliphatic rings. The van der Waals surface area contributed by atoms with Crippen LogP contribution in [0.4, 0.5) is 5.95 Å². The molecule has 0 aliphatic carbocycles. The van der Waals surface area contributed by atoms with Crippen molar-refractivity contribution in [2.75, 3.05) is 12.3 Å². The van der Waals surface area contributed by atoms with Crippen molar-refractivity contribution in [3.8, 4) is 0 Å². The van der Waals surface area contributed by atoms with E-state index in [0.29, 0.717) is 0 Å². The smallest absolute Gasteiger partial charge is 0.388 e. The standard InChI is InChI=1S/C16H25N5O15P2/c1-4-7(22)9(24)11(26)15(33-4)35-38(30,31)36-37(28,29)32-2-5-8(23)10(25)14(34-5)21-3-18-6-12(21)19-16(17)20-13(6)27/h3-5,7-11,14-15,22-26H,2H2,1H3,(H,28,29)(H,30,31)(H3,17,19,20,27)/t4?,5-,7+,8?,9?,10?,11?,14-,15+/m1/s1. The van der Waals surface area contributed by atoms with Gasteiger partial charge in [0.2, 0.25) is 5.95 Å². The number of imidazole rings is 1. The van der Waals surface area contributed by atoms with Crippen LogP contribution in [0.5, 0.6) is 0 Å². The predicted octanol–water partition coefficient (Wildman–Crippen LogP) is -3.60. The number of ether oxygens (including phenoxy) is 2. The first kappa shape index (κ1) is 29.1. The molecule has 0 amide bonds. The van der Waals surface area contributed by atoms with Gasteiger partial charge >= 0.3 is 15.6 Å². The van der Waals surface area contributed by atoms with Crippen LogP contribution in [0.3, 0.4) is 0 Å². The topological polar surface area (TPSA) is 311 Å². The third-order valence-corrected chi connectivity index (χ3v) is 8.32. The van der Waals surface area contributed by atoms with Crippen LogP contribution in [0.2, 0.25) is 0 Å². The number of nitrogens with one attached hydrogen (secondary N) is 1. The van der Waals surface area contributed by atoms with Gasteiger partial charge in [-0.25, -0.2) is 14.1 Å². The van der Waals surface area contributed by atoms with Gasteiger partial charge in [-0.2, -0.15) is 9.29 Å². The largest absolute Gasteiger partial charge is 0.483 e. The molecule has 2 aromatic rings. The van der Waals surface area contributed by atoms with E-state index >= 15 is 0 Å². The number of phosphoric ester groups is 2. The Morgan fingerprint density at radius 3 is 2.42 bits per heavy atom. The lowest BCUT2D eigenvalue weighted by atomic mass is 10.0. The third kappa shape index (κ3) is 5.83. The zero-order chi connectivity index (χ0) is 28.2. The van der Waals surface area contributed by atoms with Crippen molar-refractivity contribution in [3.05, 3.63) is 16.7 Å². The highest BCUT2D eigenvalue weighted by Gasteiger charge is 2.49. The number of aromatic nitrogens is 4. The highest BCUT2D eigenvalue weighted by molar-refractivity contribution is 7.61. The average Bonchev–Trinajstić information content (AvgIpc) is 3.35. The summed E-state index contributed by atoms with van der Waals surface area (Å²) in [5.74, 6) is -0.266. The lowest BCUT2D eigenvalue weighted by Crippen LogP contribution is -2.57. The number of rotatable bonds is 8. The average molecular weight is 589 g/mol. The van der Waals surface area contributed by atoms with E-state index in [9.17, 15) is 49.2 Å². The summed E-state index contributed by atoms with van der Waals surface area (Å²) in [5.41, 5.74) is 4.59. The monoisotopic (exact) mass is 589 g/mol. The van der Waals surface area contributed by atoms with E-state index in [1.54, 1.807) is 0 Å². The summed E-state index contributed by atoms with van der Waals surface area (Å²) in [6.45, 7) is 0.291. The Morgan fingerprint density at radius 1 is 1.05 bits per heavy atom. The van der Waals surface area contributed by atoms with Gasteiger partial charge in [0.15, 0.2) is 23.7 Å². The molecule has 22 heteroatoms. The number of H-pyrrole nitrogens is 1. The molecule has 2 aromatic heterocycles. The molecule has 10 N–H and O–H groups in total. The van der Waals surface area contributed by atoms with Crippen LogP contribution in [0.1, 0.15) is 13.2 Å². The fourth-order valence-electron chi connectivity index (χ4n) is 3.80. The van der Waals surface area contributed by atoms with E-state index < -0.39 is 83.1 Å². The number of nitrogens with zero attached hydrogens (tertiary/aromatic N) is 3. The van der Waals surface area contributed by atoms with Gasteiger partial charge in [-0.15, -0.1) is 0 Å². The fraction of sp³-hybridized carbons (Fsp3) is 0.688. The molecule has 7 unspecified atom stereocenters. The second-order valence-electron chi connectivity index (χ2n) is 8.42. The van der Waals surface area contributed by atoms with Gasteiger partial charge in [0.25, 0.3) is 5.56 Å². The Balaban J connectivity index is 1.39. The minimum Gasteiger partial charge on any atom is -0.388 e. The molecule has 20 nitrogen and oxygen atoms in total. The zero-order valence-electron chi connectivity index (χ0n) is 19.2. The van der Waals surface area contributed by atoms with Gasteiger partial charge in [-0.05, 0) is 6.92 Å². The summed E-state index contributed by atoms with van der Waals surface area (Å²) in [4.78, 5) is 41.7. The van der Waals surface area contributed by atoms with Gasteiger partial charge < -0.3 is 50.5 Å². The highest BCUT2D eigenvalue weighted by atomic mass is 31.3. The third-order valence-electron chi connectivity index (χ3n) is 5.72. The fourth-order valence-corrected chi connectivity index (χ4v) is 5.96. The summed E-state index contributed by atoms with van der Waals surface area (Å²) >= 11 is 0. The van der Waals surface area contributed by atoms with Crippen LogP contribution >= 0.6 is 15.6 Å². The quantitative estimate of drug-likeness (QED) is 0.134. The summed E-state index contributed by atoms with van der Waals surface area (Å²) in [5, 5.41) is 50.0. The van der Waals surface area contributed by atoms with Crippen LogP contribution in [0, 0.1) is 0 Å². The number of fused-ring (bicyclic) bond motifs is 1. The lowest BCUT2D eigenvalue weighted by Gasteiger charge is -2.38. The molecule has 11 atom stereocenters. The predicted molar refractivity (Wildman–Crippen MR) is 119 cm³/mol. The van der Waals surface area contributed by atoms with Gasteiger partial charge in [0.1, 0.15) is 36.6 Å². The second-order valence-corrected chi connectivity index (χ2v) is 11.4. The first-order valence-corrected chi connectivity index (χ1v) is 13.7. The van der Waals surface area contributed by atoms with E-state index in [4.69, 9.17) is 15.2 Å². The van der Waals surface area contributed by atoms with Crippen LogP contribution in [-0.2, 0) is 32.0 Å². The van der Waals surface area contributed by atoms with Crippen molar-refractivity contribution in [2.45, 2.75) is 62.2 Å². The molecule has 0 radical (unpaired) electrons. The van der Waals surface area contributed by atoms with Crippen molar-refractivity contribution in [2.24, 2.45) is 0 Å². The maximum Gasteiger partial charge on any atom is 0.483 e. The number of phosphoric acid groups is 2. The number of nitrogens with two attached hydrogens (primary N) is 1. The van der Waals surface area contributed by atoms with Crippen LogP contribution in [-0.4, -0.2) is 110 Å². The molecule has 214 valence electrons. The maximum atomic E-state index is 12.3. The summed E-state index contributed by atoms with van der Waals surface area (Å²) < 4.78 is 49.3.